The smallest absolute Gasteiger partial charge is 0.322 e. The maximum Gasteiger partial charge on any atom is 0.322 e. The molecule has 0 radical (unpaired) electrons. The lowest BCUT2D eigenvalue weighted by Gasteiger charge is -2.30. The van der Waals surface area contributed by atoms with Crippen LogP contribution in [-0.2, 0) is 14.8 Å². The summed E-state index contributed by atoms with van der Waals surface area (Å²) in [6.07, 6.45) is 1.12. The molecule has 11 heteroatoms. The van der Waals surface area contributed by atoms with Gasteiger partial charge in [-0.3, -0.25) is 10.1 Å². The van der Waals surface area contributed by atoms with Gasteiger partial charge >= 0.3 is 6.01 Å². The Hall–Kier alpha value is -3.44. The minimum Gasteiger partial charge on any atom is -0.497 e. The molecule has 1 atom stereocenters. The van der Waals surface area contributed by atoms with Gasteiger partial charge in [0.15, 0.2) is 0 Å². The normalized spacial score (nSPS) is 16.8. The summed E-state index contributed by atoms with van der Waals surface area (Å²) in [7, 11) is -0.617. The zero-order chi connectivity index (χ0) is 23.4. The highest BCUT2D eigenvalue weighted by Gasteiger charge is 2.33. The van der Waals surface area contributed by atoms with Gasteiger partial charge in [-0.25, -0.2) is 8.42 Å². The molecule has 1 aliphatic rings. The molecule has 174 valence electrons. The summed E-state index contributed by atoms with van der Waals surface area (Å²) in [5.41, 5.74) is 0.516. The third-order valence-electron chi connectivity index (χ3n) is 5.43. The third-order valence-corrected chi connectivity index (χ3v) is 7.31. The van der Waals surface area contributed by atoms with E-state index >= 15 is 0 Å². The lowest BCUT2D eigenvalue weighted by atomic mass is 9.99. The first-order chi connectivity index (χ1) is 15.9. The number of nitrogens with zero attached hydrogens (tertiary/aromatic N) is 3. The Morgan fingerprint density at radius 3 is 2.64 bits per heavy atom. The van der Waals surface area contributed by atoms with Crippen molar-refractivity contribution < 1.29 is 27.1 Å². The molecule has 1 aliphatic heterocycles. The molecule has 1 saturated heterocycles. The van der Waals surface area contributed by atoms with E-state index in [1.54, 1.807) is 48.5 Å². The summed E-state index contributed by atoms with van der Waals surface area (Å²) in [6, 6.07) is 13.2. The fourth-order valence-electron chi connectivity index (χ4n) is 3.69. The molecule has 1 amide bonds. The largest absolute Gasteiger partial charge is 0.497 e. The average molecular weight is 473 g/mol. The lowest BCUT2D eigenvalue weighted by Crippen LogP contribution is -2.43. The first-order valence-electron chi connectivity index (χ1n) is 10.3. The van der Waals surface area contributed by atoms with Gasteiger partial charge in [-0.15, -0.1) is 5.10 Å². The van der Waals surface area contributed by atoms with Gasteiger partial charge in [-0.2, -0.15) is 4.31 Å². The van der Waals surface area contributed by atoms with Gasteiger partial charge in [0.1, 0.15) is 11.5 Å². The molecule has 10 nitrogen and oxygen atoms in total. The van der Waals surface area contributed by atoms with Gasteiger partial charge in [0.2, 0.25) is 15.9 Å². The minimum absolute atomic E-state index is 0.0771. The number of anilines is 1. The number of aromatic nitrogens is 2. The standard InChI is InChI=1S/C22H24N4O6S/c1-30-16-10-11-19(31-2)18(13-16)21-24-25-22(32-21)23-20(27)15-7-6-12-26(14-15)33(28,29)17-8-4-3-5-9-17/h3-5,8-11,13,15H,6-7,12,14H2,1-2H3,(H,23,25,27). The number of carbonyl (C=O) groups is 1. The number of benzene rings is 2. The quantitative estimate of drug-likeness (QED) is 0.557. The molecule has 2 aromatic carbocycles. The van der Waals surface area contributed by atoms with Crippen molar-refractivity contribution >= 4 is 21.9 Å². The van der Waals surface area contributed by atoms with Crippen LogP contribution < -0.4 is 14.8 Å². The molecule has 0 bridgehead atoms. The molecule has 2 heterocycles. The van der Waals surface area contributed by atoms with E-state index in [0.717, 1.165) is 0 Å². The molecule has 1 N–H and O–H groups in total. The molecule has 0 aliphatic carbocycles. The van der Waals surface area contributed by atoms with Crippen LogP contribution in [0.15, 0.2) is 57.8 Å². The van der Waals surface area contributed by atoms with Crippen LogP contribution in [0.4, 0.5) is 6.01 Å². The van der Waals surface area contributed by atoms with Gasteiger partial charge in [-0.1, -0.05) is 23.3 Å². The van der Waals surface area contributed by atoms with E-state index in [4.69, 9.17) is 13.9 Å². The molecule has 1 unspecified atom stereocenters. The minimum atomic E-state index is -3.67. The number of piperidine rings is 1. The number of methoxy groups -OCH3 is 2. The predicted molar refractivity (Wildman–Crippen MR) is 119 cm³/mol. The Labute approximate surface area is 191 Å². The van der Waals surface area contributed by atoms with E-state index in [-0.39, 0.29) is 29.3 Å². The fourth-order valence-corrected chi connectivity index (χ4v) is 5.23. The van der Waals surface area contributed by atoms with Gasteiger partial charge in [0.05, 0.1) is 30.6 Å². The second-order valence-electron chi connectivity index (χ2n) is 7.48. The monoisotopic (exact) mass is 472 g/mol. The average Bonchev–Trinajstić information content (AvgIpc) is 3.32. The summed E-state index contributed by atoms with van der Waals surface area (Å²) >= 11 is 0. The van der Waals surface area contributed by atoms with Gasteiger partial charge in [0.25, 0.3) is 5.89 Å². The Bertz CT molecular complexity index is 1230. The van der Waals surface area contributed by atoms with E-state index in [9.17, 15) is 13.2 Å². The summed E-state index contributed by atoms with van der Waals surface area (Å²) in [5.74, 6) is 0.315. The number of hydrogen-bond donors (Lipinski definition) is 1. The number of hydrogen-bond acceptors (Lipinski definition) is 8. The van der Waals surface area contributed by atoms with E-state index in [0.29, 0.717) is 36.4 Å². The SMILES string of the molecule is COc1ccc(OC)c(-c2nnc(NC(=O)C3CCCN(S(=O)(=O)c4ccccc4)C3)o2)c1. The van der Waals surface area contributed by atoms with E-state index in [1.165, 1.54) is 18.5 Å². The molecular weight excluding hydrogens is 448 g/mol. The molecule has 4 rings (SSSR count). The molecular formula is C22H24N4O6S. The Kier molecular flexibility index (Phi) is 6.61. The van der Waals surface area contributed by atoms with Crippen LogP contribution in [0.25, 0.3) is 11.5 Å². The summed E-state index contributed by atoms with van der Waals surface area (Å²) in [5, 5.41) is 10.5. The maximum absolute atomic E-state index is 12.9. The maximum atomic E-state index is 12.9. The Balaban J connectivity index is 1.47. The number of rotatable bonds is 7. The van der Waals surface area contributed by atoms with Crippen molar-refractivity contribution in [1.82, 2.24) is 14.5 Å². The van der Waals surface area contributed by atoms with Crippen LogP contribution in [0, 0.1) is 5.92 Å². The molecule has 1 fully saturated rings. The summed E-state index contributed by atoms with van der Waals surface area (Å²) < 4.78 is 43.4. The van der Waals surface area contributed by atoms with Crippen LogP contribution in [0.1, 0.15) is 12.8 Å². The first kappa shape index (κ1) is 22.7. The molecule has 3 aromatic rings. The first-order valence-corrected chi connectivity index (χ1v) is 11.8. The molecule has 1 aromatic heterocycles. The van der Waals surface area contributed by atoms with Crippen LogP contribution >= 0.6 is 0 Å². The highest BCUT2D eigenvalue weighted by molar-refractivity contribution is 7.89. The van der Waals surface area contributed by atoms with Gasteiger partial charge < -0.3 is 13.9 Å². The van der Waals surface area contributed by atoms with Crippen molar-refractivity contribution in [3.05, 3.63) is 48.5 Å². The van der Waals surface area contributed by atoms with Crippen LogP contribution in [0.5, 0.6) is 11.5 Å². The van der Waals surface area contributed by atoms with Crippen molar-refractivity contribution in [3.8, 4) is 23.0 Å². The highest BCUT2D eigenvalue weighted by atomic mass is 32.2. The second kappa shape index (κ2) is 9.59. The fraction of sp³-hybridized carbons (Fsp3) is 0.318. The van der Waals surface area contributed by atoms with Crippen LogP contribution in [0.3, 0.4) is 0 Å². The zero-order valence-corrected chi connectivity index (χ0v) is 19.0. The highest BCUT2D eigenvalue weighted by Crippen LogP contribution is 2.33. The molecule has 0 spiro atoms. The number of sulfonamides is 1. The van der Waals surface area contributed by atoms with Crippen LogP contribution in [-0.4, -0.2) is 56.1 Å². The third kappa shape index (κ3) is 4.83. The predicted octanol–water partition coefficient (Wildman–Crippen LogP) is 2.79. The molecule has 0 saturated carbocycles. The van der Waals surface area contributed by atoms with Crippen molar-refractivity contribution in [3.63, 3.8) is 0 Å². The second-order valence-corrected chi connectivity index (χ2v) is 9.42. The number of carbonyl (C=O) groups excluding carboxylic acids is 1. The zero-order valence-electron chi connectivity index (χ0n) is 18.2. The number of ether oxygens (including phenoxy) is 2. The van der Waals surface area contributed by atoms with Gasteiger partial charge in [0, 0.05) is 13.1 Å². The Morgan fingerprint density at radius 2 is 1.91 bits per heavy atom. The van der Waals surface area contributed by atoms with Crippen molar-refractivity contribution in [2.24, 2.45) is 5.92 Å². The van der Waals surface area contributed by atoms with Crippen molar-refractivity contribution in [2.75, 3.05) is 32.6 Å². The number of nitrogens with one attached hydrogen (secondary N) is 1. The van der Waals surface area contributed by atoms with E-state index < -0.39 is 15.9 Å². The van der Waals surface area contributed by atoms with E-state index in [2.05, 4.69) is 15.5 Å². The summed E-state index contributed by atoms with van der Waals surface area (Å²) in [4.78, 5) is 13.0. The van der Waals surface area contributed by atoms with Gasteiger partial charge in [-0.05, 0) is 43.2 Å². The topological polar surface area (TPSA) is 124 Å². The lowest BCUT2D eigenvalue weighted by molar-refractivity contribution is -0.121. The Morgan fingerprint density at radius 1 is 1.12 bits per heavy atom. The van der Waals surface area contributed by atoms with Crippen molar-refractivity contribution in [1.29, 1.82) is 0 Å². The molecule has 33 heavy (non-hydrogen) atoms. The van der Waals surface area contributed by atoms with Crippen LogP contribution in [0.2, 0.25) is 0 Å². The summed E-state index contributed by atoms with van der Waals surface area (Å²) in [6.45, 7) is 0.440. The van der Waals surface area contributed by atoms with Crippen molar-refractivity contribution in [2.45, 2.75) is 17.7 Å². The number of amides is 1. The van der Waals surface area contributed by atoms with E-state index in [1.807, 2.05) is 0 Å².